The van der Waals surface area contributed by atoms with Crippen LogP contribution in [-0.2, 0) is 5.41 Å². The minimum Gasteiger partial charge on any atom is -0.465 e. The average molecular weight is 533 g/mol. The monoisotopic (exact) mass is 532 g/mol. The number of anilines is 1. The van der Waals surface area contributed by atoms with Crippen LogP contribution in [0.25, 0.3) is 0 Å². The first-order valence-electron chi connectivity index (χ1n) is 12.8. The number of likely N-dealkylation sites (tertiary alicyclic amines) is 1. The van der Waals surface area contributed by atoms with Gasteiger partial charge in [-0.1, -0.05) is 34.6 Å². The molecule has 3 rings (SSSR count). The molecule has 11 nitrogen and oxygen atoms in total. The molecule has 1 saturated heterocycles. The van der Waals surface area contributed by atoms with E-state index in [0.29, 0.717) is 49.1 Å². The highest BCUT2D eigenvalue weighted by Crippen LogP contribution is 2.30. The summed E-state index contributed by atoms with van der Waals surface area (Å²) < 4.78 is 0. The molecule has 1 fully saturated rings. The van der Waals surface area contributed by atoms with Crippen LogP contribution in [-0.4, -0.2) is 96.3 Å². The van der Waals surface area contributed by atoms with Crippen LogP contribution in [0, 0.1) is 5.92 Å². The molecule has 12 heteroatoms. The molecule has 0 bridgehead atoms. The van der Waals surface area contributed by atoms with Crippen LogP contribution in [0.1, 0.15) is 75.4 Å². The van der Waals surface area contributed by atoms with E-state index in [0.717, 1.165) is 12.2 Å². The van der Waals surface area contributed by atoms with Gasteiger partial charge in [-0.05, 0) is 30.8 Å². The largest absolute Gasteiger partial charge is 0.465 e. The molecule has 3 N–H and O–H groups in total. The molecular formula is C25H40N8O3S. The Labute approximate surface area is 223 Å². The first-order valence-corrected chi connectivity index (χ1v) is 14.2. The Kier molecular flexibility index (Phi) is 9.74. The van der Waals surface area contributed by atoms with Crippen LogP contribution in [0.4, 0.5) is 10.6 Å². The van der Waals surface area contributed by atoms with E-state index in [2.05, 4.69) is 31.7 Å². The molecule has 1 aliphatic rings. The van der Waals surface area contributed by atoms with Crippen molar-refractivity contribution >= 4 is 29.6 Å². The van der Waals surface area contributed by atoms with Crippen LogP contribution < -0.4 is 5.32 Å². The van der Waals surface area contributed by atoms with Gasteiger partial charge in [0, 0.05) is 43.7 Å². The Morgan fingerprint density at radius 2 is 2.08 bits per heavy atom. The Morgan fingerprint density at radius 3 is 2.68 bits per heavy atom. The minimum absolute atomic E-state index is 0.181. The van der Waals surface area contributed by atoms with Gasteiger partial charge < -0.3 is 25.2 Å². The van der Waals surface area contributed by atoms with Crippen molar-refractivity contribution in [2.24, 2.45) is 5.92 Å². The van der Waals surface area contributed by atoms with Crippen molar-refractivity contribution in [2.75, 3.05) is 43.5 Å². The van der Waals surface area contributed by atoms with E-state index in [1.165, 1.54) is 11.2 Å². The third kappa shape index (κ3) is 7.56. The van der Waals surface area contributed by atoms with Gasteiger partial charge in [0.15, 0.2) is 0 Å². The van der Waals surface area contributed by atoms with Crippen molar-refractivity contribution in [2.45, 2.75) is 64.8 Å². The second-order valence-corrected chi connectivity index (χ2v) is 12.0. The Morgan fingerprint density at radius 1 is 1.32 bits per heavy atom. The number of nitrogens with one attached hydrogen (secondary N) is 2. The quantitative estimate of drug-likeness (QED) is 0.391. The number of carbonyl (C=O) groups is 2. The van der Waals surface area contributed by atoms with E-state index in [-0.39, 0.29) is 35.7 Å². The lowest BCUT2D eigenvalue weighted by atomic mass is 9.91. The van der Waals surface area contributed by atoms with Crippen LogP contribution in [0.5, 0.6) is 0 Å². The zero-order chi connectivity index (χ0) is 27.2. The zero-order valence-corrected chi connectivity index (χ0v) is 23.5. The molecule has 0 aliphatic carbocycles. The minimum atomic E-state index is -1.01. The van der Waals surface area contributed by atoms with Crippen molar-refractivity contribution in [3.63, 3.8) is 0 Å². The number of thioether (sulfide) groups is 1. The van der Waals surface area contributed by atoms with Crippen molar-refractivity contribution in [3.8, 4) is 0 Å². The lowest BCUT2D eigenvalue weighted by Gasteiger charge is -2.42. The predicted molar refractivity (Wildman–Crippen MR) is 145 cm³/mol. The van der Waals surface area contributed by atoms with Crippen LogP contribution >= 0.6 is 11.8 Å². The number of hydrogen-bond donors (Lipinski definition) is 3. The Bertz CT molecular complexity index is 1040. The summed E-state index contributed by atoms with van der Waals surface area (Å²) in [7, 11) is 0. The molecule has 0 radical (unpaired) electrons. The molecule has 0 spiro atoms. The van der Waals surface area contributed by atoms with Gasteiger partial charge in [-0.2, -0.15) is 11.8 Å². The number of piperidine rings is 1. The number of aromatic amines is 1. The van der Waals surface area contributed by atoms with Crippen molar-refractivity contribution in [3.05, 3.63) is 29.7 Å². The lowest BCUT2D eigenvalue weighted by molar-refractivity contribution is 0.0467. The maximum Gasteiger partial charge on any atom is 0.407 e. The number of nitrogens with zero attached hydrogens (tertiary/aromatic N) is 6. The summed E-state index contributed by atoms with van der Waals surface area (Å²) in [5.74, 6) is 2.61. The second-order valence-electron chi connectivity index (χ2n) is 11.0. The number of rotatable bonds is 10. The number of carboxylic acid groups (broad SMARTS) is 1. The van der Waals surface area contributed by atoms with Crippen molar-refractivity contribution in [1.29, 1.82) is 0 Å². The normalized spacial score (nSPS) is 18.2. The topological polar surface area (TPSA) is 140 Å². The molecule has 204 valence electrons. The van der Waals surface area contributed by atoms with E-state index in [1.54, 1.807) is 22.9 Å². The molecule has 0 unspecified atom stereocenters. The SMILES string of the molecule is CSCCCNc1nc(C(C)(C)C)ncc1C(=O)N(CC(C)C)[C@H]1C[C@@H](c2nnc[nH]2)CN(C(=O)O)C1. The average Bonchev–Trinajstić information content (AvgIpc) is 3.39. The maximum atomic E-state index is 14.1. The van der Waals surface area contributed by atoms with E-state index >= 15 is 0 Å². The fourth-order valence-corrected chi connectivity index (χ4v) is 4.90. The van der Waals surface area contributed by atoms with E-state index < -0.39 is 6.09 Å². The zero-order valence-electron chi connectivity index (χ0n) is 22.7. The third-order valence-corrected chi connectivity index (χ3v) is 6.99. The van der Waals surface area contributed by atoms with Crippen molar-refractivity contribution < 1.29 is 14.7 Å². The first kappa shape index (κ1) is 28.7. The fraction of sp³-hybridized carbons (Fsp3) is 0.680. The molecule has 1 aliphatic heterocycles. The summed E-state index contributed by atoms with van der Waals surface area (Å²) in [4.78, 5) is 41.6. The molecular weight excluding hydrogens is 492 g/mol. The summed E-state index contributed by atoms with van der Waals surface area (Å²) in [6.45, 7) is 11.9. The van der Waals surface area contributed by atoms with Crippen LogP contribution in [0.15, 0.2) is 12.5 Å². The number of carbonyl (C=O) groups excluding carboxylic acids is 1. The molecule has 2 aromatic rings. The third-order valence-electron chi connectivity index (χ3n) is 6.29. The van der Waals surface area contributed by atoms with Gasteiger partial charge in [0.05, 0.1) is 6.04 Å². The lowest BCUT2D eigenvalue weighted by Crippen LogP contribution is -2.54. The molecule has 3 heterocycles. The van der Waals surface area contributed by atoms with Gasteiger partial charge >= 0.3 is 6.09 Å². The fourth-order valence-electron chi connectivity index (χ4n) is 4.47. The summed E-state index contributed by atoms with van der Waals surface area (Å²) in [5.41, 5.74) is 0.131. The van der Waals surface area contributed by atoms with Gasteiger partial charge in [0.1, 0.15) is 29.4 Å². The van der Waals surface area contributed by atoms with Gasteiger partial charge in [-0.3, -0.25) is 4.79 Å². The number of amides is 2. The van der Waals surface area contributed by atoms with Gasteiger partial charge in [-0.15, -0.1) is 10.2 Å². The molecule has 0 saturated carbocycles. The van der Waals surface area contributed by atoms with E-state index in [9.17, 15) is 14.7 Å². The van der Waals surface area contributed by atoms with Gasteiger partial charge in [0.2, 0.25) is 0 Å². The van der Waals surface area contributed by atoms with Crippen LogP contribution in [0.2, 0.25) is 0 Å². The highest BCUT2D eigenvalue weighted by atomic mass is 32.2. The molecule has 2 aromatic heterocycles. The van der Waals surface area contributed by atoms with Crippen molar-refractivity contribution in [1.82, 2.24) is 34.9 Å². The predicted octanol–water partition coefficient (Wildman–Crippen LogP) is 3.69. The summed E-state index contributed by atoms with van der Waals surface area (Å²) in [6, 6.07) is -0.332. The highest BCUT2D eigenvalue weighted by molar-refractivity contribution is 7.98. The Balaban J connectivity index is 1.96. The maximum absolute atomic E-state index is 14.1. The number of hydrogen-bond acceptors (Lipinski definition) is 8. The molecule has 37 heavy (non-hydrogen) atoms. The van der Waals surface area contributed by atoms with E-state index in [1.807, 2.05) is 34.6 Å². The first-order chi connectivity index (χ1) is 17.5. The smallest absolute Gasteiger partial charge is 0.407 e. The second kappa shape index (κ2) is 12.6. The van der Waals surface area contributed by atoms with E-state index in [4.69, 9.17) is 4.98 Å². The molecule has 0 aromatic carbocycles. The standard InChI is InChI=1S/C25H40N8O3S/c1-16(2)12-33(18-10-17(20-28-15-29-31-20)13-32(14-18)24(35)36)22(34)19-11-27-23(25(3,4)5)30-21(19)26-8-7-9-37-6/h11,15-18H,7-10,12-14H2,1-6H3,(H,35,36)(H,26,27,30)(H,28,29,31)/t17-,18+/m1/s1. The van der Waals surface area contributed by atoms with Gasteiger partial charge in [0.25, 0.3) is 5.91 Å². The molecule has 2 amide bonds. The Hall–Kier alpha value is -2.89. The number of H-pyrrole nitrogens is 1. The highest BCUT2D eigenvalue weighted by Gasteiger charge is 2.38. The van der Waals surface area contributed by atoms with Crippen LogP contribution in [0.3, 0.4) is 0 Å². The summed E-state index contributed by atoms with van der Waals surface area (Å²) in [5, 5.41) is 21.2. The summed E-state index contributed by atoms with van der Waals surface area (Å²) >= 11 is 1.77. The molecule has 2 atom stereocenters. The summed E-state index contributed by atoms with van der Waals surface area (Å²) in [6.07, 6.45) is 5.68. The number of aromatic nitrogens is 5. The van der Waals surface area contributed by atoms with Gasteiger partial charge in [-0.25, -0.2) is 14.8 Å².